The molecule has 0 aromatic heterocycles. The summed E-state index contributed by atoms with van der Waals surface area (Å²) in [4.78, 5) is 0. The third-order valence-electron chi connectivity index (χ3n) is 6.17. The summed E-state index contributed by atoms with van der Waals surface area (Å²) in [6.07, 6.45) is 7.91. The molecule has 0 N–H and O–H groups in total. The molecule has 0 spiro atoms. The van der Waals surface area contributed by atoms with Crippen LogP contribution in [0.25, 0.3) is 0 Å². The molecule has 0 amide bonds. The number of halogens is 3. The smallest absolute Gasteiger partial charge is 0.127 e. The van der Waals surface area contributed by atoms with Crippen molar-refractivity contribution in [3.05, 3.63) is 34.1 Å². The van der Waals surface area contributed by atoms with Crippen LogP contribution in [-0.2, 0) is 0 Å². The summed E-state index contributed by atoms with van der Waals surface area (Å²) in [7, 11) is 0. The molecule has 4 bridgehead atoms. The van der Waals surface area contributed by atoms with Crippen molar-refractivity contribution in [1.82, 2.24) is 0 Å². The molecule has 114 valence electrons. The summed E-state index contributed by atoms with van der Waals surface area (Å²) in [6, 6.07) is 3.30. The van der Waals surface area contributed by atoms with Crippen LogP contribution in [-0.4, -0.2) is 0 Å². The molecule has 4 saturated carbocycles. The number of rotatable bonds is 2. The second kappa shape index (κ2) is 4.86. The van der Waals surface area contributed by atoms with Crippen LogP contribution in [0.4, 0.5) is 4.39 Å². The number of hydrogen-bond acceptors (Lipinski definition) is 0. The Morgan fingerprint density at radius 1 is 1.10 bits per heavy atom. The van der Waals surface area contributed by atoms with E-state index in [1.807, 2.05) is 6.07 Å². The third kappa shape index (κ3) is 2.23. The van der Waals surface area contributed by atoms with Crippen molar-refractivity contribution in [3.63, 3.8) is 0 Å². The Bertz CT molecular complexity index is 546. The molecule has 0 nitrogen and oxygen atoms in total. The van der Waals surface area contributed by atoms with Crippen molar-refractivity contribution in [3.8, 4) is 0 Å². The zero-order valence-electron chi connectivity index (χ0n) is 12.3. The van der Waals surface area contributed by atoms with Gasteiger partial charge in [-0.2, -0.15) is 0 Å². The summed E-state index contributed by atoms with van der Waals surface area (Å²) in [5.41, 5.74) is 1.79. The monoisotopic (exact) mass is 326 g/mol. The first-order valence-corrected chi connectivity index (χ1v) is 8.88. The molecule has 1 atom stereocenters. The predicted molar refractivity (Wildman–Crippen MR) is 85.3 cm³/mol. The van der Waals surface area contributed by atoms with Gasteiger partial charge in [0.2, 0.25) is 0 Å². The van der Waals surface area contributed by atoms with Gasteiger partial charge in [-0.3, -0.25) is 0 Å². The van der Waals surface area contributed by atoms with Gasteiger partial charge in [-0.05, 0) is 85.8 Å². The molecule has 0 radical (unpaired) electrons. The molecular formula is C18H21Cl2F. The average molecular weight is 327 g/mol. The zero-order chi connectivity index (χ0) is 14.8. The maximum atomic E-state index is 13.7. The highest BCUT2D eigenvalue weighted by Crippen LogP contribution is 2.65. The van der Waals surface area contributed by atoms with Crippen molar-refractivity contribution >= 4 is 23.2 Å². The van der Waals surface area contributed by atoms with E-state index in [1.165, 1.54) is 44.6 Å². The topological polar surface area (TPSA) is 0 Å². The molecule has 21 heavy (non-hydrogen) atoms. The molecule has 4 aliphatic rings. The van der Waals surface area contributed by atoms with Crippen LogP contribution in [0.2, 0.25) is 5.02 Å². The van der Waals surface area contributed by atoms with E-state index in [-0.39, 0.29) is 16.6 Å². The second-order valence-electron chi connectivity index (χ2n) is 7.77. The molecular weight excluding hydrogens is 306 g/mol. The van der Waals surface area contributed by atoms with E-state index in [1.54, 1.807) is 6.92 Å². The van der Waals surface area contributed by atoms with Gasteiger partial charge in [0.05, 0.1) is 5.38 Å². The highest BCUT2D eigenvalue weighted by molar-refractivity contribution is 6.33. The number of aryl methyl sites for hydroxylation is 1. The zero-order valence-corrected chi connectivity index (χ0v) is 13.9. The first-order valence-electron chi connectivity index (χ1n) is 8.06. The Balaban J connectivity index is 1.71. The van der Waals surface area contributed by atoms with Gasteiger partial charge in [-0.15, -0.1) is 11.6 Å². The fourth-order valence-corrected chi connectivity index (χ4v) is 6.45. The van der Waals surface area contributed by atoms with E-state index >= 15 is 0 Å². The lowest BCUT2D eigenvalue weighted by molar-refractivity contribution is -0.0552. The minimum Gasteiger partial charge on any atom is -0.207 e. The SMILES string of the molecule is Cc1cc(C(Cl)C23CC4CC(CC(C4)C2)C3)c(Cl)cc1F. The van der Waals surface area contributed by atoms with E-state index < -0.39 is 0 Å². The molecule has 0 aliphatic heterocycles. The minimum atomic E-state index is -0.238. The standard InChI is InChI=1S/C18H21Cl2F/c1-10-2-14(15(19)6-16(10)21)17(20)18-7-11-3-12(8-18)5-13(4-11)9-18/h2,6,11-13,17H,3-5,7-9H2,1H3. The summed E-state index contributed by atoms with van der Waals surface area (Å²) >= 11 is 13.3. The van der Waals surface area contributed by atoms with E-state index in [4.69, 9.17) is 23.2 Å². The van der Waals surface area contributed by atoms with Gasteiger partial charge in [-0.1, -0.05) is 17.7 Å². The van der Waals surface area contributed by atoms with Gasteiger partial charge in [-0.25, -0.2) is 4.39 Å². The third-order valence-corrected chi connectivity index (χ3v) is 7.20. The molecule has 1 unspecified atom stereocenters. The fourth-order valence-electron chi connectivity index (χ4n) is 5.69. The lowest BCUT2D eigenvalue weighted by Gasteiger charge is -2.58. The van der Waals surface area contributed by atoms with Crippen LogP contribution in [0.1, 0.15) is 55.0 Å². The maximum absolute atomic E-state index is 13.7. The summed E-state index contributed by atoms with van der Waals surface area (Å²) in [6.45, 7) is 1.79. The Labute approximate surface area is 136 Å². The number of benzene rings is 1. The molecule has 4 fully saturated rings. The highest BCUT2D eigenvalue weighted by atomic mass is 35.5. The molecule has 1 aromatic carbocycles. The molecule has 0 heterocycles. The Hall–Kier alpha value is -0.270. The molecule has 3 heteroatoms. The first-order chi connectivity index (χ1) is 9.97. The second-order valence-corrected chi connectivity index (χ2v) is 8.61. The molecule has 5 rings (SSSR count). The average Bonchev–Trinajstić information content (AvgIpc) is 2.40. The Morgan fingerprint density at radius 2 is 1.62 bits per heavy atom. The number of hydrogen-bond donors (Lipinski definition) is 0. The van der Waals surface area contributed by atoms with E-state index in [2.05, 4.69) is 0 Å². The van der Waals surface area contributed by atoms with E-state index in [0.29, 0.717) is 10.6 Å². The Kier molecular flexibility index (Phi) is 3.32. The molecule has 1 aromatic rings. The summed E-state index contributed by atoms with van der Waals surface area (Å²) < 4.78 is 13.7. The molecule has 0 saturated heterocycles. The quantitative estimate of drug-likeness (QED) is 0.560. The largest absolute Gasteiger partial charge is 0.207 e. The first kappa shape index (κ1) is 14.3. The van der Waals surface area contributed by atoms with Gasteiger partial charge in [0, 0.05) is 5.02 Å². The van der Waals surface area contributed by atoms with Gasteiger partial charge >= 0.3 is 0 Å². The fraction of sp³-hybridized carbons (Fsp3) is 0.667. The lowest BCUT2D eigenvalue weighted by Crippen LogP contribution is -2.47. The highest BCUT2D eigenvalue weighted by Gasteiger charge is 2.54. The van der Waals surface area contributed by atoms with Crippen LogP contribution in [0, 0.1) is 35.9 Å². The van der Waals surface area contributed by atoms with E-state index in [0.717, 1.165) is 23.3 Å². The van der Waals surface area contributed by atoms with Gasteiger partial charge < -0.3 is 0 Å². The Morgan fingerprint density at radius 3 is 2.14 bits per heavy atom. The number of alkyl halides is 1. The lowest BCUT2D eigenvalue weighted by atomic mass is 9.48. The molecule has 4 aliphatic carbocycles. The normalized spacial score (nSPS) is 38.8. The summed E-state index contributed by atoms with van der Waals surface area (Å²) in [5, 5.41) is 0.423. The van der Waals surface area contributed by atoms with Crippen LogP contribution < -0.4 is 0 Å². The summed E-state index contributed by atoms with van der Waals surface area (Å²) in [5.74, 6) is 2.34. The van der Waals surface area contributed by atoms with E-state index in [9.17, 15) is 4.39 Å². The van der Waals surface area contributed by atoms with Crippen LogP contribution in [0.15, 0.2) is 12.1 Å². The maximum Gasteiger partial charge on any atom is 0.127 e. The van der Waals surface area contributed by atoms with Crippen LogP contribution in [0.5, 0.6) is 0 Å². The van der Waals surface area contributed by atoms with Gasteiger partial charge in [0.15, 0.2) is 0 Å². The van der Waals surface area contributed by atoms with Crippen LogP contribution in [0.3, 0.4) is 0 Å². The minimum absolute atomic E-state index is 0.0716. The van der Waals surface area contributed by atoms with Crippen molar-refractivity contribution in [2.75, 3.05) is 0 Å². The van der Waals surface area contributed by atoms with Crippen LogP contribution >= 0.6 is 23.2 Å². The van der Waals surface area contributed by atoms with Crippen molar-refractivity contribution < 1.29 is 4.39 Å². The van der Waals surface area contributed by atoms with Gasteiger partial charge in [0.25, 0.3) is 0 Å². The van der Waals surface area contributed by atoms with Crippen molar-refractivity contribution in [1.29, 1.82) is 0 Å². The van der Waals surface area contributed by atoms with Crippen molar-refractivity contribution in [2.45, 2.75) is 50.8 Å². The van der Waals surface area contributed by atoms with Crippen molar-refractivity contribution in [2.24, 2.45) is 23.2 Å². The van der Waals surface area contributed by atoms with Gasteiger partial charge in [0.1, 0.15) is 5.82 Å². The predicted octanol–water partition coefficient (Wildman–Crippen LogP) is 6.28.